The number of hydrogen-bond donors (Lipinski definition) is 1. The van der Waals surface area contributed by atoms with Crippen molar-refractivity contribution in [3.05, 3.63) is 0 Å². The van der Waals surface area contributed by atoms with Gasteiger partial charge >= 0.3 is 11.9 Å². The van der Waals surface area contributed by atoms with Gasteiger partial charge in [0.2, 0.25) is 0 Å². The second-order valence-electron chi connectivity index (χ2n) is 3.60. The number of carbonyl (C=O) groups excluding carboxylic acids is 3. The first kappa shape index (κ1) is 14.5. The Kier molecular flexibility index (Phi) is 5.48. The van der Waals surface area contributed by atoms with E-state index in [1.165, 1.54) is 18.7 Å². The average Bonchev–Trinajstić information content (AvgIpc) is 2.76. The van der Waals surface area contributed by atoms with Crippen LogP contribution < -0.4 is 5.32 Å². The molecule has 0 bridgehead atoms. The van der Waals surface area contributed by atoms with E-state index < -0.39 is 16.8 Å². The monoisotopic (exact) mass is 277 g/mol. The first-order chi connectivity index (χ1) is 8.00. The molecule has 96 valence electrons. The summed E-state index contributed by atoms with van der Waals surface area (Å²) in [6, 6.07) is 0. The summed E-state index contributed by atoms with van der Waals surface area (Å²) in [4.78, 5) is 33.0. The molecular weight excluding hydrogens is 262 g/mol. The van der Waals surface area contributed by atoms with Crippen LogP contribution in [0.25, 0.3) is 0 Å². The zero-order valence-electron chi connectivity index (χ0n) is 9.78. The summed E-state index contributed by atoms with van der Waals surface area (Å²) in [5.41, 5.74) is 0. The van der Waals surface area contributed by atoms with E-state index in [0.29, 0.717) is 6.42 Å². The van der Waals surface area contributed by atoms with E-state index in [2.05, 4.69) is 5.32 Å². The highest BCUT2D eigenvalue weighted by molar-refractivity contribution is 8.14. The summed E-state index contributed by atoms with van der Waals surface area (Å²) in [6.45, 7) is 2.11. The Balaban J connectivity index is 2.47. The van der Waals surface area contributed by atoms with E-state index in [9.17, 15) is 14.4 Å². The van der Waals surface area contributed by atoms with Gasteiger partial charge < -0.3 is 4.74 Å². The largest absolute Gasteiger partial charge is 0.390 e. The van der Waals surface area contributed by atoms with Crippen LogP contribution in [-0.4, -0.2) is 40.5 Å². The lowest BCUT2D eigenvalue weighted by Crippen LogP contribution is -2.46. The van der Waals surface area contributed by atoms with Crippen molar-refractivity contribution in [2.24, 2.45) is 0 Å². The van der Waals surface area contributed by atoms with Gasteiger partial charge in [0.1, 0.15) is 0 Å². The average molecular weight is 277 g/mol. The van der Waals surface area contributed by atoms with Gasteiger partial charge in [-0.05, 0) is 25.6 Å². The smallest absolute Gasteiger partial charge is 0.344 e. The van der Waals surface area contributed by atoms with Crippen LogP contribution in [-0.2, 0) is 19.1 Å². The van der Waals surface area contributed by atoms with Crippen molar-refractivity contribution >= 4 is 40.6 Å². The van der Waals surface area contributed by atoms with E-state index in [4.69, 9.17) is 4.74 Å². The van der Waals surface area contributed by atoms with Gasteiger partial charge in [0, 0.05) is 6.92 Å². The van der Waals surface area contributed by atoms with Crippen LogP contribution in [0.4, 0.5) is 0 Å². The molecule has 0 aromatic heterocycles. The van der Waals surface area contributed by atoms with Gasteiger partial charge in [0.15, 0.2) is 9.99 Å². The van der Waals surface area contributed by atoms with Crippen molar-refractivity contribution < 1.29 is 19.1 Å². The van der Waals surface area contributed by atoms with Gasteiger partial charge in [-0.25, -0.2) is 4.79 Å². The fraction of sp³-hybridized carbons (Fsp3) is 0.700. The summed E-state index contributed by atoms with van der Waals surface area (Å²) in [5, 5.41) is 2.88. The highest BCUT2D eigenvalue weighted by atomic mass is 32.2. The molecule has 1 heterocycles. The Bertz CT molecular complexity index is 326. The molecule has 0 saturated carbocycles. The van der Waals surface area contributed by atoms with Crippen molar-refractivity contribution in [1.82, 2.24) is 5.32 Å². The van der Waals surface area contributed by atoms with Gasteiger partial charge in [-0.3, -0.25) is 14.9 Å². The maximum atomic E-state index is 11.8. The number of esters is 2. The standard InChI is InChI=1S/C10H15NO4S2/c1-7(12)17-6-8(13)15-9(14)10(16-2)4-3-5-11-10/h11H,3-6H2,1-2H3/t10-/m1/s1. The van der Waals surface area contributed by atoms with Crippen LogP contribution in [0.15, 0.2) is 0 Å². The van der Waals surface area contributed by atoms with Crippen LogP contribution >= 0.6 is 23.5 Å². The van der Waals surface area contributed by atoms with Crippen LogP contribution in [0.3, 0.4) is 0 Å². The quantitative estimate of drug-likeness (QED) is 0.601. The Labute approximate surface area is 108 Å². The van der Waals surface area contributed by atoms with Gasteiger partial charge in [-0.15, -0.1) is 11.8 Å². The SMILES string of the molecule is CS[C@@]1(C(=O)OC(=O)CSC(C)=O)CCCN1. The normalized spacial score (nSPS) is 23.4. The number of carbonyl (C=O) groups is 3. The maximum Gasteiger partial charge on any atom is 0.344 e. The van der Waals surface area contributed by atoms with Crippen molar-refractivity contribution in [1.29, 1.82) is 0 Å². The Morgan fingerprint density at radius 1 is 1.41 bits per heavy atom. The molecule has 1 saturated heterocycles. The molecule has 1 aliphatic heterocycles. The summed E-state index contributed by atoms with van der Waals surface area (Å²) in [6.07, 6.45) is 3.33. The number of nitrogens with one attached hydrogen (secondary N) is 1. The Hall–Kier alpha value is -0.530. The second-order valence-corrected chi connectivity index (χ2v) is 5.86. The first-order valence-corrected chi connectivity index (χ1v) is 7.40. The third-order valence-electron chi connectivity index (χ3n) is 2.39. The molecule has 1 aliphatic rings. The Morgan fingerprint density at radius 3 is 2.59 bits per heavy atom. The Morgan fingerprint density at radius 2 is 2.12 bits per heavy atom. The van der Waals surface area contributed by atoms with Crippen LogP contribution in [0, 0.1) is 0 Å². The van der Waals surface area contributed by atoms with E-state index in [0.717, 1.165) is 24.7 Å². The van der Waals surface area contributed by atoms with Gasteiger partial charge in [0.05, 0.1) is 5.75 Å². The number of thioether (sulfide) groups is 2. The fourth-order valence-electron chi connectivity index (χ4n) is 1.52. The van der Waals surface area contributed by atoms with Crippen molar-refractivity contribution in [3.8, 4) is 0 Å². The fourth-order valence-corrected chi connectivity index (χ4v) is 2.71. The highest BCUT2D eigenvalue weighted by Crippen LogP contribution is 2.31. The molecule has 0 radical (unpaired) electrons. The lowest BCUT2D eigenvalue weighted by Gasteiger charge is -2.23. The maximum absolute atomic E-state index is 11.8. The van der Waals surface area contributed by atoms with Gasteiger partial charge in [0.25, 0.3) is 0 Å². The van der Waals surface area contributed by atoms with Crippen LogP contribution in [0.1, 0.15) is 19.8 Å². The predicted octanol–water partition coefficient (Wildman–Crippen LogP) is 0.779. The second kappa shape index (κ2) is 6.42. The first-order valence-electron chi connectivity index (χ1n) is 5.19. The lowest BCUT2D eigenvalue weighted by molar-refractivity contribution is -0.160. The highest BCUT2D eigenvalue weighted by Gasteiger charge is 2.42. The third kappa shape index (κ3) is 4.01. The van der Waals surface area contributed by atoms with E-state index in [1.54, 1.807) is 6.26 Å². The van der Waals surface area contributed by atoms with Gasteiger partial charge in [-0.1, -0.05) is 11.8 Å². The molecule has 0 spiro atoms. The molecule has 0 aromatic rings. The van der Waals surface area contributed by atoms with E-state index in [1.807, 2.05) is 0 Å². The topological polar surface area (TPSA) is 72.5 Å². The molecule has 0 aliphatic carbocycles. The predicted molar refractivity (Wildman–Crippen MR) is 67.7 cm³/mol. The zero-order valence-corrected chi connectivity index (χ0v) is 11.4. The molecule has 1 rings (SSSR count). The summed E-state index contributed by atoms with van der Waals surface area (Å²) < 4.78 is 4.74. The molecule has 0 aromatic carbocycles. The van der Waals surface area contributed by atoms with Crippen molar-refractivity contribution in [2.45, 2.75) is 24.6 Å². The summed E-state index contributed by atoms with van der Waals surface area (Å²) >= 11 is 2.18. The number of rotatable bonds is 4. The molecule has 7 heteroatoms. The number of ether oxygens (including phenoxy) is 1. The molecule has 0 unspecified atom stereocenters. The molecule has 1 fully saturated rings. The molecule has 0 amide bonds. The number of hydrogen-bond acceptors (Lipinski definition) is 7. The van der Waals surface area contributed by atoms with E-state index in [-0.39, 0.29) is 10.9 Å². The molecule has 5 nitrogen and oxygen atoms in total. The summed E-state index contributed by atoms with van der Waals surface area (Å²) in [5.74, 6) is -1.35. The zero-order chi connectivity index (χ0) is 12.9. The van der Waals surface area contributed by atoms with Crippen molar-refractivity contribution in [3.63, 3.8) is 0 Å². The minimum Gasteiger partial charge on any atom is -0.390 e. The van der Waals surface area contributed by atoms with E-state index >= 15 is 0 Å². The van der Waals surface area contributed by atoms with Gasteiger partial charge in [-0.2, -0.15) is 0 Å². The minimum absolute atomic E-state index is 0.120. The van der Waals surface area contributed by atoms with Crippen LogP contribution in [0.5, 0.6) is 0 Å². The van der Waals surface area contributed by atoms with Crippen molar-refractivity contribution in [2.75, 3.05) is 18.6 Å². The molecule has 1 N–H and O–H groups in total. The third-order valence-corrected chi connectivity index (χ3v) is 4.39. The molecule has 1 atom stereocenters. The van der Waals surface area contributed by atoms with Crippen LogP contribution in [0.2, 0.25) is 0 Å². The molecule has 17 heavy (non-hydrogen) atoms. The lowest BCUT2D eigenvalue weighted by atomic mass is 10.2. The summed E-state index contributed by atoms with van der Waals surface area (Å²) in [7, 11) is 0. The minimum atomic E-state index is -0.795. The molecular formula is C10H15NO4S2.